The molecule has 1 aliphatic heterocycles. The van der Waals surface area contributed by atoms with Gasteiger partial charge in [0.1, 0.15) is 0 Å². The molecule has 0 aliphatic carbocycles. The normalized spacial score (nSPS) is 16.7. The molecule has 0 bridgehead atoms. The Hall–Kier alpha value is -0.740. The average molecular weight is 286 g/mol. The Morgan fingerprint density at radius 2 is 1.94 bits per heavy atom. The topological polar surface area (TPSA) is 44.5 Å². The Bertz CT molecular complexity index is 382. The summed E-state index contributed by atoms with van der Waals surface area (Å²) in [5.74, 6) is 1.61. The van der Waals surface area contributed by atoms with Crippen LogP contribution in [0.25, 0.3) is 0 Å². The summed E-state index contributed by atoms with van der Waals surface area (Å²) in [6, 6.07) is 3.97. The van der Waals surface area contributed by atoms with Crippen LogP contribution < -0.4 is 15.2 Å². The minimum Gasteiger partial charge on any atom is -0.490 e. The third kappa shape index (κ3) is 2.33. The van der Waals surface area contributed by atoms with Crippen LogP contribution in [-0.2, 0) is 0 Å². The van der Waals surface area contributed by atoms with Crippen molar-refractivity contribution in [1.82, 2.24) is 0 Å². The fourth-order valence-corrected chi connectivity index (χ4v) is 2.32. The van der Waals surface area contributed by atoms with Crippen LogP contribution in [0.5, 0.6) is 11.5 Å². The molecule has 1 atom stereocenters. The fraction of sp³-hybridized carbons (Fsp3) is 0.500. The van der Waals surface area contributed by atoms with Gasteiger partial charge in [-0.25, -0.2) is 0 Å². The number of benzene rings is 1. The van der Waals surface area contributed by atoms with Gasteiger partial charge in [-0.15, -0.1) is 0 Å². The summed E-state index contributed by atoms with van der Waals surface area (Å²) in [6.07, 6.45) is 1.82. The first-order valence-corrected chi connectivity index (χ1v) is 6.36. The molecule has 0 aromatic heterocycles. The highest BCUT2D eigenvalue weighted by atomic mass is 79.9. The first kappa shape index (κ1) is 11.7. The van der Waals surface area contributed by atoms with Crippen molar-refractivity contribution in [2.75, 3.05) is 13.2 Å². The molecule has 0 spiro atoms. The van der Waals surface area contributed by atoms with Gasteiger partial charge in [0.2, 0.25) is 0 Å². The van der Waals surface area contributed by atoms with Crippen LogP contribution in [0.1, 0.15) is 31.4 Å². The third-order valence-corrected chi connectivity index (χ3v) is 3.39. The molecular formula is C12H16BrNO2. The van der Waals surface area contributed by atoms with Crippen LogP contribution >= 0.6 is 15.9 Å². The lowest BCUT2D eigenvalue weighted by atomic mass is 10.1. The number of nitrogens with two attached hydrogens (primary N) is 1. The first-order valence-electron chi connectivity index (χ1n) is 5.57. The SMILES string of the molecule is CC[C@@H](N)c1cc2c(cc1Br)OCCCO2. The Kier molecular flexibility index (Phi) is 3.71. The molecule has 4 heteroatoms. The summed E-state index contributed by atoms with van der Waals surface area (Å²) >= 11 is 3.53. The zero-order chi connectivity index (χ0) is 11.5. The number of fused-ring (bicyclic) bond motifs is 1. The molecule has 1 aromatic carbocycles. The molecule has 0 radical (unpaired) electrons. The second-order valence-electron chi connectivity index (χ2n) is 3.89. The van der Waals surface area contributed by atoms with Crippen LogP contribution in [0.15, 0.2) is 16.6 Å². The Labute approximate surface area is 104 Å². The summed E-state index contributed by atoms with van der Waals surface area (Å²) in [7, 11) is 0. The van der Waals surface area contributed by atoms with Crippen molar-refractivity contribution in [3.63, 3.8) is 0 Å². The van der Waals surface area contributed by atoms with E-state index in [1.54, 1.807) is 0 Å². The van der Waals surface area contributed by atoms with E-state index in [2.05, 4.69) is 22.9 Å². The van der Waals surface area contributed by atoms with E-state index in [0.29, 0.717) is 13.2 Å². The van der Waals surface area contributed by atoms with Crippen LogP contribution in [0.3, 0.4) is 0 Å². The van der Waals surface area contributed by atoms with E-state index in [-0.39, 0.29) is 6.04 Å². The largest absolute Gasteiger partial charge is 0.490 e. The van der Waals surface area contributed by atoms with Gasteiger partial charge in [-0.05, 0) is 24.1 Å². The molecule has 0 amide bonds. The minimum atomic E-state index is 0.0338. The van der Waals surface area contributed by atoms with Crippen molar-refractivity contribution in [3.8, 4) is 11.5 Å². The van der Waals surface area contributed by atoms with Gasteiger partial charge in [-0.3, -0.25) is 0 Å². The summed E-state index contributed by atoms with van der Waals surface area (Å²) in [5.41, 5.74) is 7.12. The van der Waals surface area contributed by atoms with Gasteiger partial charge in [-0.1, -0.05) is 22.9 Å². The fourth-order valence-electron chi connectivity index (χ4n) is 1.70. The number of halogens is 1. The molecule has 0 saturated carbocycles. The van der Waals surface area contributed by atoms with Crippen LogP contribution in [-0.4, -0.2) is 13.2 Å². The van der Waals surface area contributed by atoms with Crippen LogP contribution in [0.2, 0.25) is 0 Å². The predicted octanol–water partition coefficient (Wildman–Crippen LogP) is 3.02. The van der Waals surface area contributed by atoms with E-state index in [1.807, 2.05) is 12.1 Å². The number of rotatable bonds is 2. The zero-order valence-electron chi connectivity index (χ0n) is 9.33. The molecule has 16 heavy (non-hydrogen) atoms. The molecule has 2 N–H and O–H groups in total. The maximum atomic E-state index is 6.04. The maximum Gasteiger partial charge on any atom is 0.162 e. The van der Waals surface area contributed by atoms with Gasteiger partial charge >= 0.3 is 0 Å². The lowest BCUT2D eigenvalue weighted by Crippen LogP contribution is -2.09. The second-order valence-corrected chi connectivity index (χ2v) is 4.74. The number of hydrogen-bond acceptors (Lipinski definition) is 3. The molecule has 1 heterocycles. The summed E-state index contributed by atoms with van der Waals surface area (Å²) in [4.78, 5) is 0. The predicted molar refractivity (Wildman–Crippen MR) is 67.0 cm³/mol. The van der Waals surface area contributed by atoms with Crippen LogP contribution in [0, 0.1) is 0 Å². The van der Waals surface area contributed by atoms with E-state index in [0.717, 1.165) is 34.4 Å². The Morgan fingerprint density at radius 1 is 1.31 bits per heavy atom. The average Bonchev–Trinajstić information content (AvgIpc) is 2.51. The molecular weight excluding hydrogens is 270 g/mol. The van der Waals surface area contributed by atoms with Gasteiger partial charge < -0.3 is 15.2 Å². The molecule has 3 nitrogen and oxygen atoms in total. The highest BCUT2D eigenvalue weighted by molar-refractivity contribution is 9.10. The van der Waals surface area contributed by atoms with Crippen molar-refractivity contribution in [2.24, 2.45) is 5.73 Å². The summed E-state index contributed by atoms with van der Waals surface area (Å²) < 4.78 is 12.2. The monoisotopic (exact) mass is 285 g/mol. The van der Waals surface area contributed by atoms with Crippen molar-refractivity contribution in [1.29, 1.82) is 0 Å². The van der Waals surface area contributed by atoms with Gasteiger partial charge in [0, 0.05) is 16.9 Å². The Balaban J connectivity index is 2.38. The standard InChI is InChI=1S/C12H16BrNO2/c1-2-10(14)8-6-11-12(7-9(8)13)16-5-3-4-15-11/h6-7,10H,2-5,14H2,1H3/t10-/m1/s1. The van der Waals surface area contributed by atoms with Crippen molar-refractivity contribution >= 4 is 15.9 Å². The van der Waals surface area contributed by atoms with Crippen molar-refractivity contribution < 1.29 is 9.47 Å². The first-order chi connectivity index (χ1) is 7.72. The lowest BCUT2D eigenvalue weighted by Gasteiger charge is -2.15. The highest BCUT2D eigenvalue weighted by Crippen LogP contribution is 2.37. The maximum absolute atomic E-state index is 6.04. The van der Waals surface area contributed by atoms with E-state index in [9.17, 15) is 0 Å². The quantitative estimate of drug-likeness (QED) is 0.909. The number of hydrogen-bond donors (Lipinski definition) is 1. The molecule has 88 valence electrons. The number of ether oxygens (including phenoxy) is 2. The Morgan fingerprint density at radius 3 is 2.56 bits per heavy atom. The zero-order valence-corrected chi connectivity index (χ0v) is 10.9. The smallest absolute Gasteiger partial charge is 0.162 e. The van der Waals surface area contributed by atoms with Gasteiger partial charge in [0.05, 0.1) is 13.2 Å². The molecule has 0 saturated heterocycles. The molecule has 2 rings (SSSR count). The van der Waals surface area contributed by atoms with Gasteiger partial charge in [0.25, 0.3) is 0 Å². The van der Waals surface area contributed by atoms with Gasteiger partial charge in [0.15, 0.2) is 11.5 Å². The minimum absolute atomic E-state index is 0.0338. The summed E-state index contributed by atoms with van der Waals surface area (Å²) in [5, 5.41) is 0. The van der Waals surface area contributed by atoms with E-state index >= 15 is 0 Å². The van der Waals surface area contributed by atoms with E-state index < -0.39 is 0 Å². The molecule has 0 unspecified atom stereocenters. The highest BCUT2D eigenvalue weighted by Gasteiger charge is 2.16. The van der Waals surface area contributed by atoms with Gasteiger partial charge in [-0.2, -0.15) is 0 Å². The van der Waals surface area contributed by atoms with Crippen molar-refractivity contribution in [3.05, 3.63) is 22.2 Å². The van der Waals surface area contributed by atoms with E-state index in [1.165, 1.54) is 0 Å². The van der Waals surface area contributed by atoms with Crippen LogP contribution in [0.4, 0.5) is 0 Å². The van der Waals surface area contributed by atoms with E-state index in [4.69, 9.17) is 15.2 Å². The summed E-state index contributed by atoms with van der Waals surface area (Å²) in [6.45, 7) is 3.48. The third-order valence-electron chi connectivity index (χ3n) is 2.71. The second kappa shape index (κ2) is 5.06. The lowest BCUT2D eigenvalue weighted by molar-refractivity contribution is 0.297. The molecule has 0 fully saturated rings. The molecule has 1 aromatic rings. The van der Waals surface area contributed by atoms with Crippen molar-refractivity contribution in [2.45, 2.75) is 25.8 Å². The molecule has 1 aliphatic rings.